The Morgan fingerprint density at radius 3 is 2.65 bits per heavy atom. The number of likely N-dealkylation sites (tertiary alicyclic amines) is 1. The van der Waals surface area contributed by atoms with Crippen LogP contribution in [0.15, 0.2) is 22.7 Å². The maximum atomic E-state index is 9.12. The Kier molecular flexibility index (Phi) is 4.60. The normalized spacial score (nSPS) is 18.5. The molecule has 0 amide bonds. The van der Waals surface area contributed by atoms with Gasteiger partial charge in [0, 0.05) is 17.6 Å². The fourth-order valence-electron chi connectivity index (χ4n) is 2.40. The number of benzene rings is 1. The molecule has 0 spiro atoms. The van der Waals surface area contributed by atoms with E-state index in [1.807, 2.05) is 0 Å². The Morgan fingerprint density at radius 1 is 1.35 bits per heavy atom. The number of rotatable bonds is 3. The van der Waals surface area contributed by atoms with E-state index in [-0.39, 0.29) is 0 Å². The summed E-state index contributed by atoms with van der Waals surface area (Å²) in [5.41, 5.74) is 2.76. The molecule has 1 heterocycles. The van der Waals surface area contributed by atoms with Gasteiger partial charge in [0.2, 0.25) is 0 Å². The van der Waals surface area contributed by atoms with E-state index in [0.717, 1.165) is 36.9 Å². The smallest absolute Gasteiger partial charge is 0.0460 e. The zero-order chi connectivity index (χ0) is 12.3. The van der Waals surface area contributed by atoms with Crippen molar-refractivity contribution in [2.24, 2.45) is 5.92 Å². The second-order valence-electron chi connectivity index (χ2n) is 4.97. The predicted octanol–water partition coefficient (Wildman–Crippen LogP) is 2.96. The molecule has 1 N–H and O–H groups in total. The minimum atomic E-state index is 0.352. The van der Waals surface area contributed by atoms with E-state index in [1.54, 1.807) is 0 Å². The van der Waals surface area contributed by atoms with E-state index in [1.165, 1.54) is 11.1 Å². The number of aliphatic hydroxyl groups is 1. The van der Waals surface area contributed by atoms with Crippen LogP contribution >= 0.6 is 15.9 Å². The highest BCUT2D eigenvalue weighted by Gasteiger charge is 2.18. The number of hydrogen-bond donors (Lipinski definition) is 1. The zero-order valence-electron chi connectivity index (χ0n) is 10.3. The van der Waals surface area contributed by atoms with Crippen molar-refractivity contribution in [2.45, 2.75) is 26.3 Å². The SMILES string of the molecule is Cc1cc(Br)ccc1CN1CCC(CO)CC1. The number of piperidine rings is 1. The topological polar surface area (TPSA) is 23.5 Å². The van der Waals surface area contributed by atoms with Crippen LogP contribution in [0.3, 0.4) is 0 Å². The number of nitrogens with zero attached hydrogens (tertiary/aromatic N) is 1. The van der Waals surface area contributed by atoms with E-state index in [0.29, 0.717) is 12.5 Å². The van der Waals surface area contributed by atoms with Crippen molar-refractivity contribution in [3.8, 4) is 0 Å². The molecule has 0 bridgehead atoms. The Bertz CT molecular complexity index is 372. The summed E-state index contributed by atoms with van der Waals surface area (Å²) in [6.45, 7) is 5.78. The molecule has 1 aliphatic rings. The molecule has 0 aromatic heterocycles. The van der Waals surface area contributed by atoms with Crippen LogP contribution in [0, 0.1) is 12.8 Å². The van der Waals surface area contributed by atoms with Gasteiger partial charge in [0.05, 0.1) is 0 Å². The molecule has 0 saturated carbocycles. The van der Waals surface area contributed by atoms with Crippen LogP contribution in [0.1, 0.15) is 24.0 Å². The maximum Gasteiger partial charge on any atom is 0.0460 e. The van der Waals surface area contributed by atoms with Crippen molar-refractivity contribution in [3.05, 3.63) is 33.8 Å². The molecule has 2 rings (SSSR count). The average molecular weight is 298 g/mol. The van der Waals surface area contributed by atoms with Gasteiger partial charge < -0.3 is 5.11 Å². The van der Waals surface area contributed by atoms with E-state index < -0.39 is 0 Å². The van der Waals surface area contributed by atoms with Crippen LogP contribution in [0.2, 0.25) is 0 Å². The Balaban J connectivity index is 1.93. The molecule has 1 aromatic rings. The summed E-state index contributed by atoms with van der Waals surface area (Å²) in [4.78, 5) is 2.49. The monoisotopic (exact) mass is 297 g/mol. The molecular formula is C14H20BrNO. The van der Waals surface area contributed by atoms with Crippen molar-refractivity contribution in [1.82, 2.24) is 4.90 Å². The number of halogens is 1. The first-order valence-electron chi connectivity index (χ1n) is 6.27. The zero-order valence-corrected chi connectivity index (χ0v) is 11.9. The number of aliphatic hydroxyl groups excluding tert-OH is 1. The fraction of sp³-hybridized carbons (Fsp3) is 0.571. The van der Waals surface area contributed by atoms with Gasteiger partial charge in [0.15, 0.2) is 0 Å². The lowest BCUT2D eigenvalue weighted by Gasteiger charge is -2.31. The van der Waals surface area contributed by atoms with Gasteiger partial charge in [0.1, 0.15) is 0 Å². The summed E-state index contributed by atoms with van der Waals surface area (Å²) >= 11 is 3.50. The molecule has 1 aromatic carbocycles. The summed E-state index contributed by atoms with van der Waals surface area (Å²) in [6, 6.07) is 6.50. The minimum absolute atomic E-state index is 0.352. The van der Waals surface area contributed by atoms with E-state index in [9.17, 15) is 0 Å². The van der Waals surface area contributed by atoms with Crippen molar-refractivity contribution in [1.29, 1.82) is 0 Å². The highest BCUT2D eigenvalue weighted by Crippen LogP contribution is 2.21. The molecule has 3 heteroatoms. The van der Waals surface area contributed by atoms with Gasteiger partial charge in [0.25, 0.3) is 0 Å². The molecule has 1 saturated heterocycles. The molecule has 1 aliphatic heterocycles. The van der Waals surface area contributed by atoms with Gasteiger partial charge in [-0.3, -0.25) is 4.90 Å². The van der Waals surface area contributed by atoms with E-state index in [2.05, 4.69) is 46.0 Å². The minimum Gasteiger partial charge on any atom is -0.396 e. The third kappa shape index (κ3) is 3.54. The molecule has 0 atom stereocenters. The van der Waals surface area contributed by atoms with Crippen LogP contribution in [0.25, 0.3) is 0 Å². The third-order valence-corrected chi connectivity index (χ3v) is 4.16. The Morgan fingerprint density at radius 2 is 2.06 bits per heavy atom. The second-order valence-corrected chi connectivity index (χ2v) is 5.89. The van der Waals surface area contributed by atoms with Gasteiger partial charge >= 0.3 is 0 Å². The first kappa shape index (κ1) is 13.1. The fourth-order valence-corrected chi connectivity index (χ4v) is 2.88. The lowest BCUT2D eigenvalue weighted by atomic mass is 9.97. The van der Waals surface area contributed by atoms with Crippen LogP contribution in [0.5, 0.6) is 0 Å². The summed E-state index contributed by atoms with van der Waals surface area (Å²) < 4.78 is 1.15. The Labute approximate surface area is 112 Å². The lowest BCUT2D eigenvalue weighted by Crippen LogP contribution is -2.34. The van der Waals surface area contributed by atoms with Crippen LogP contribution in [-0.4, -0.2) is 29.7 Å². The molecule has 1 fully saturated rings. The van der Waals surface area contributed by atoms with Crippen molar-refractivity contribution in [2.75, 3.05) is 19.7 Å². The second kappa shape index (κ2) is 5.98. The van der Waals surface area contributed by atoms with Crippen molar-refractivity contribution >= 4 is 15.9 Å². The van der Waals surface area contributed by atoms with Crippen molar-refractivity contribution < 1.29 is 5.11 Å². The summed E-state index contributed by atoms with van der Waals surface area (Å²) in [5, 5.41) is 9.12. The molecule has 0 radical (unpaired) electrons. The van der Waals surface area contributed by atoms with Crippen LogP contribution in [0.4, 0.5) is 0 Å². The highest BCUT2D eigenvalue weighted by atomic mass is 79.9. The van der Waals surface area contributed by atoms with Crippen molar-refractivity contribution in [3.63, 3.8) is 0 Å². The quantitative estimate of drug-likeness (QED) is 0.927. The standard InChI is InChI=1S/C14H20BrNO/c1-11-8-14(15)3-2-13(11)9-16-6-4-12(10-17)5-7-16/h2-3,8,12,17H,4-7,9-10H2,1H3. The van der Waals surface area contributed by atoms with Gasteiger partial charge in [-0.05, 0) is 62.0 Å². The summed E-state index contributed by atoms with van der Waals surface area (Å²) in [5.74, 6) is 0.525. The molecule has 0 aliphatic carbocycles. The largest absolute Gasteiger partial charge is 0.396 e. The van der Waals surface area contributed by atoms with Crippen LogP contribution < -0.4 is 0 Å². The molecule has 0 unspecified atom stereocenters. The first-order chi connectivity index (χ1) is 8.19. The van der Waals surface area contributed by atoms with E-state index in [4.69, 9.17) is 5.11 Å². The maximum absolute atomic E-state index is 9.12. The number of hydrogen-bond acceptors (Lipinski definition) is 2. The van der Waals surface area contributed by atoms with Gasteiger partial charge in [-0.1, -0.05) is 22.0 Å². The highest BCUT2D eigenvalue weighted by molar-refractivity contribution is 9.10. The third-order valence-electron chi connectivity index (χ3n) is 3.66. The summed E-state index contributed by atoms with van der Waals surface area (Å²) in [7, 11) is 0. The lowest BCUT2D eigenvalue weighted by molar-refractivity contribution is 0.127. The van der Waals surface area contributed by atoms with Gasteiger partial charge in [-0.15, -0.1) is 0 Å². The van der Waals surface area contributed by atoms with Gasteiger partial charge in [-0.25, -0.2) is 0 Å². The Hall–Kier alpha value is -0.380. The number of aryl methyl sites for hydroxylation is 1. The molecular weight excluding hydrogens is 278 g/mol. The predicted molar refractivity (Wildman–Crippen MR) is 74.0 cm³/mol. The molecule has 17 heavy (non-hydrogen) atoms. The van der Waals surface area contributed by atoms with E-state index >= 15 is 0 Å². The van der Waals surface area contributed by atoms with Gasteiger partial charge in [-0.2, -0.15) is 0 Å². The molecule has 94 valence electrons. The van der Waals surface area contributed by atoms with Crippen LogP contribution in [-0.2, 0) is 6.54 Å². The summed E-state index contributed by atoms with van der Waals surface area (Å²) in [6.07, 6.45) is 2.26. The first-order valence-corrected chi connectivity index (χ1v) is 7.06. The molecule has 2 nitrogen and oxygen atoms in total. The average Bonchev–Trinajstić information content (AvgIpc) is 2.34.